The predicted molar refractivity (Wildman–Crippen MR) is 88.5 cm³/mol. The quantitative estimate of drug-likeness (QED) is 0.818. The van der Waals surface area contributed by atoms with E-state index in [2.05, 4.69) is 10.3 Å². The van der Waals surface area contributed by atoms with Gasteiger partial charge in [0.25, 0.3) is 0 Å². The Morgan fingerprint density at radius 3 is 2.79 bits per heavy atom. The first-order chi connectivity index (χ1) is 11.6. The lowest BCUT2D eigenvalue weighted by atomic mass is 10.1. The molecule has 2 N–H and O–H groups in total. The molecule has 1 atom stereocenters. The van der Waals surface area contributed by atoms with Crippen LogP contribution in [-0.4, -0.2) is 44.8 Å². The van der Waals surface area contributed by atoms with Crippen LogP contribution in [0.3, 0.4) is 0 Å². The molecule has 1 aliphatic rings. The summed E-state index contributed by atoms with van der Waals surface area (Å²) in [4.78, 5) is 24.9. The number of rotatable bonds is 5. The summed E-state index contributed by atoms with van der Waals surface area (Å²) in [5, 5.41) is 8.09. The normalized spacial score (nSPS) is 17.5. The Balaban J connectivity index is 1.57. The van der Waals surface area contributed by atoms with Gasteiger partial charge in [-0.05, 0) is 18.1 Å². The molecule has 124 valence electrons. The molecule has 0 radical (unpaired) electrons. The topological polar surface area (TPSA) is 94.1 Å². The zero-order chi connectivity index (χ0) is 16.9. The molecule has 0 bridgehead atoms. The largest absolute Gasteiger partial charge is 0.369 e. The molecule has 2 amide bonds. The zero-order valence-corrected chi connectivity index (χ0v) is 13.2. The summed E-state index contributed by atoms with van der Waals surface area (Å²) < 4.78 is 1.72. The minimum Gasteiger partial charge on any atom is -0.369 e. The van der Waals surface area contributed by atoms with Crippen LogP contribution in [-0.2, 0) is 16.1 Å². The maximum Gasteiger partial charge on any atom is 0.246 e. The highest BCUT2D eigenvalue weighted by Crippen LogP contribution is 2.16. The number of primary amides is 1. The Hall–Kier alpha value is -2.96. The average molecular weight is 325 g/mol. The molecule has 2 heterocycles. The van der Waals surface area contributed by atoms with Crippen molar-refractivity contribution in [2.75, 3.05) is 13.1 Å². The van der Waals surface area contributed by atoms with Crippen molar-refractivity contribution in [3.05, 3.63) is 53.9 Å². The van der Waals surface area contributed by atoms with E-state index < -0.39 is 0 Å². The fraction of sp³-hybridized carbons (Fsp3) is 0.294. The van der Waals surface area contributed by atoms with Gasteiger partial charge in [0.05, 0.1) is 18.7 Å². The molecule has 1 aromatic carbocycles. The summed E-state index contributed by atoms with van der Waals surface area (Å²) in [6, 6.07) is 9.94. The van der Waals surface area contributed by atoms with Crippen molar-refractivity contribution < 1.29 is 9.59 Å². The molecule has 1 saturated heterocycles. The van der Waals surface area contributed by atoms with E-state index in [0.29, 0.717) is 31.7 Å². The summed E-state index contributed by atoms with van der Waals surface area (Å²) in [7, 11) is 0. The van der Waals surface area contributed by atoms with Gasteiger partial charge in [0.1, 0.15) is 5.69 Å². The fourth-order valence-corrected chi connectivity index (χ4v) is 2.69. The number of amides is 2. The van der Waals surface area contributed by atoms with Gasteiger partial charge in [0.15, 0.2) is 0 Å². The summed E-state index contributed by atoms with van der Waals surface area (Å²) in [6.07, 6.45) is 5.50. The second-order valence-electron chi connectivity index (χ2n) is 5.83. The van der Waals surface area contributed by atoms with Gasteiger partial charge in [-0.3, -0.25) is 9.59 Å². The van der Waals surface area contributed by atoms with Gasteiger partial charge in [-0.15, -0.1) is 5.10 Å². The van der Waals surface area contributed by atoms with Crippen LogP contribution in [0.5, 0.6) is 0 Å². The van der Waals surface area contributed by atoms with E-state index in [0.717, 1.165) is 5.56 Å². The third kappa shape index (κ3) is 3.87. The molecule has 7 heteroatoms. The van der Waals surface area contributed by atoms with Crippen LogP contribution < -0.4 is 5.73 Å². The van der Waals surface area contributed by atoms with Crippen LogP contribution >= 0.6 is 0 Å². The summed E-state index contributed by atoms with van der Waals surface area (Å²) in [6.45, 7) is 1.57. The van der Waals surface area contributed by atoms with Gasteiger partial charge in [-0.25, -0.2) is 4.68 Å². The van der Waals surface area contributed by atoms with E-state index in [1.54, 1.807) is 21.9 Å². The van der Waals surface area contributed by atoms with E-state index in [1.165, 1.54) is 6.08 Å². The first-order valence-corrected chi connectivity index (χ1v) is 7.82. The number of hydrogen-bond acceptors (Lipinski definition) is 4. The zero-order valence-electron chi connectivity index (χ0n) is 13.2. The van der Waals surface area contributed by atoms with Crippen molar-refractivity contribution in [2.45, 2.75) is 13.0 Å². The van der Waals surface area contributed by atoms with Crippen LogP contribution in [0.1, 0.15) is 17.7 Å². The second kappa shape index (κ2) is 7.08. The number of aromatic nitrogens is 3. The van der Waals surface area contributed by atoms with E-state index in [-0.39, 0.29) is 17.7 Å². The third-order valence-electron chi connectivity index (χ3n) is 4.04. The van der Waals surface area contributed by atoms with E-state index in [9.17, 15) is 9.59 Å². The lowest BCUT2D eigenvalue weighted by molar-refractivity contribution is -0.125. The number of nitrogens with zero attached hydrogens (tertiary/aromatic N) is 4. The standard InChI is InChI=1S/C17H19N5O2/c18-17(24)14-8-9-21(11-14)16(23)7-6-15-12-22(20-19-15)10-13-4-2-1-3-5-13/h1-7,12,14H,8-11H2,(H2,18,24)/b7-6+/t14-/m1/s1. The molecule has 0 aliphatic carbocycles. The summed E-state index contributed by atoms with van der Waals surface area (Å²) in [5.74, 6) is -0.733. The Morgan fingerprint density at radius 1 is 1.29 bits per heavy atom. The van der Waals surface area contributed by atoms with E-state index >= 15 is 0 Å². The molecule has 1 aliphatic heterocycles. The number of benzene rings is 1. The predicted octanol–water partition coefficient (Wildman–Crippen LogP) is 0.673. The van der Waals surface area contributed by atoms with Crippen molar-refractivity contribution in [3.8, 4) is 0 Å². The third-order valence-corrected chi connectivity index (χ3v) is 4.04. The number of likely N-dealkylation sites (tertiary alicyclic amines) is 1. The first-order valence-electron chi connectivity index (χ1n) is 7.82. The maximum absolute atomic E-state index is 12.1. The Kier molecular flexibility index (Phi) is 4.69. The van der Waals surface area contributed by atoms with Crippen LogP contribution in [0.25, 0.3) is 6.08 Å². The van der Waals surface area contributed by atoms with Crippen molar-refractivity contribution in [1.29, 1.82) is 0 Å². The van der Waals surface area contributed by atoms with Crippen LogP contribution in [0.15, 0.2) is 42.6 Å². The number of carbonyl (C=O) groups is 2. The molecule has 1 fully saturated rings. The molecule has 24 heavy (non-hydrogen) atoms. The van der Waals surface area contributed by atoms with Gasteiger partial charge in [-0.2, -0.15) is 0 Å². The first kappa shape index (κ1) is 15.9. The average Bonchev–Trinajstić information content (AvgIpc) is 3.23. The lowest BCUT2D eigenvalue weighted by Gasteiger charge is -2.12. The van der Waals surface area contributed by atoms with Crippen molar-refractivity contribution in [3.63, 3.8) is 0 Å². The highest BCUT2D eigenvalue weighted by molar-refractivity contribution is 5.92. The van der Waals surface area contributed by atoms with Gasteiger partial charge in [-0.1, -0.05) is 35.5 Å². The minimum atomic E-state index is -0.349. The Labute approximate surface area is 139 Å². The smallest absolute Gasteiger partial charge is 0.246 e. The second-order valence-corrected chi connectivity index (χ2v) is 5.83. The van der Waals surface area contributed by atoms with Gasteiger partial charge >= 0.3 is 0 Å². The SMILES string of the molecule is NC(=O)[C@@H]1CCN(C(=O)/C=C/c2cn(Cc3ccccc3)nn2)C1. The van der Waals surface area contributed by atoms with Crippen molar-refractivity contribution in [1.82, 2.24) is 19.9 Å². The molecular weight excluding hydrogens is 306 g/mol. The van der Waals surface area contributed by atoms with E-state index in [4.69, 9.17) is 5.73 Å². The molecular formula is C17H19N5O2. The Bertz CT molecular complexity index is 753. The molecule has 0 saturated carbocycles. The molecule has 0 spiro atoms. The van der Waals surface area contributed by atoms with Crippen molar-refractivity contribution >= 4 is 17.9 Å². The van der Waals surface area contributed by atoms with Crippen LogP contribution in [0.2, 0.25) is 0 Å². The van der Waals surface area contributed by atoms with Gasteiger partial charge in [0.2, 0.25) is 11.8 Å². The highest BCUT2D eigenvalue weighted by Gasteiger charge is 2.28. The van der Waals surface area contributed by atoms with Crippen LogP contribution in [0.4, 0.5) is 0 Å². The monoisotopic (exact) mass is 325 g/mol. The molecule has 7 nitrogen and oxygen atoms in total. The van der Waals surface area contributed by atoms with Gasteiger partial charge < -0.3 is 10.6 Å². The summed E-state index contributed by atoms with van der Waals surface area (Å²) in [5.41, 5.74) is 7.02. The molecule has 1 aromatic heterocycles. The van der Waals surface area contributed by atoms with Gasteiger partial charge in [0, 0.05) is 19.2 Å². The summed E-state index contributed by atoms with van der Waals surface area (Å²) >= 11 is 0. The maximum atomic E-state index is 12.1. The minimum absolute atomic E-state index is 0.142. The van der Waals surface area contributed by atoms with Crippen molar-refractivity contribution in [2.24, 2.45) is 11.7 Å². The molecule has 2 aromatic rings. The fourth-order valence-electron chi connectivity index (χ4n) is 2.69. The molecule has 0 unspecified atom stereocenters. The number of hydrogen-bond donors (Lipinski definition) is 1. The number of carbonyl (C=O) groups excluding carboxylic acids is 2. The number of nitrogens with two attached hydrogens (primary N) is 1. The lowest BCUT2D eigenvalue weighted by Crippen LogP contribution is -2.30. The molecule has 3 rings (SSSR count). The highest BCUT2D eigenvalue weighted by atomic mass is 16.2. The Morgan fingerprint density at radius 2 is 2.08 bits per heavy atom. The van der Waals surface area contributed by atoms with Crippen LogP contribution in [0, 0.1) is 5.92 Å². The van der Waals surface area contributed by atoms with E-state index in [1.807, 2.05) is 30.3 Å².